The number of hydrogen-bond acceptors (Lipinski definition) is 8. The summed E-state index contributed by atoms with van der Waals surface area (Å²) in [6, 6.07) is 11.1. The Morgan fingerprint density at radius 1 is 1.11 bits per heavy atom. The third-order valence-electron chi connectivity index (χ3n) is 8.25. The van der Waals surface area contributed by atoms with E-state index >= 15 is 0 Å². The van der Waals surface area contributed by atoms with Crippen LogP contribution in [0.15, 0.2) is 82.9 Å². The molecule has 1 fully saturated rings. The van der Waals surface area contributed by atoms with Crippen molar-refractivity contribution in [1.82, 2.24) is 20.2 Å². The fourth-order valence-electron chi connectivity index (χ4n) is 5.71. The average Bonchev–Trinajstić information content (AvgIpc) is 3.37. The van der Waals surface area contributed by atoms with Gasteiger partial charge in [-0.15, -0.1) is 0 Å². The second-order valence-corrected chi connectivity index (χ2v) is 12.1. The number of alkyl halides is 3. The first-order chi connectivity index (χ1) is 21.3. The van der Waals surface area contributed by atoms with Crippen LogP contribution >= 0.6 is 0 Å². The van der Waals surface area contributed by atoms with E-state index in [0.717, 1.165) is 28.9 Å². The van der Waals surface area contributed by atoms with Crippen LogP contribution in [0.25, 0.3) is 11.0 Å². The number of aliphatic imine (C=N–C) groups is 1. The van der Waals surface area contributed by atoms with Crippen LogP contribution in [0.4, 0.5) is 24.8 Å². The molecule has 13 heteroatoms. The minimum Gasteiger partial charge on any atom is -0.385 e. The van der Waals surface area contributed by atoms with E-state index in [2.05, 4.69) is 34.8 Å². The zero-order valence-corrected chi connectivity index (χ0v) is 25.2. The molecule has 2 aromatic carbocycles. The fraction of sp³-hybridized carbons (Fsp3) is 0.344. The molecule has 1 aromatic heterocycles. The van der Waals surface area contributed by atoms with Crippen molar-refractivity contribution in [3.05, 3.63) is 89.0 Å². The summed E-state index contributed by atoms with van der Waals surface area (Å²) < 4.78 is 48.8. The summed E-state index contributed by atoms with van der Waals surface area (Å²) in [5, 5.41) is 9.20. The summed E-state index contributed by atoms with van der Waals surface area (Å²) in [7, 11) is 0. The van der Waals surface area contributed by atoms with Gasteiger partial charge >= 0.3 is 6.18 Å². The first-order valence-electron chi connectivity index (χ1n) is 14.6. The molecule has 1 atom stereocenters. The van der Waals surface area contributed by atoms with Crippen LogP contribution < -0.4 is 26.6 Å². The van der Waals surface area contributed by atoms with Crippen molar-refractivity contribution in [3.63, 3.8) is 0 Å². The van der Waals surface area contributed by atoms with Gasteiger partial charge in [0, 0.05) is 47.2 Å². The van der Waals surface area contributed by atoms with E-state index in [1.165, 1.54) is 6.07 Å². The predicted octanol–water partition coefficient (Wildman–Crippen LogP) is 5.04. The van der Waals surface area contributed by atoms with Gasteiger partial charge in [0.25, 0.3) is 5.91 Å². The SMILES string of the molecule is CC1(C)CC=C(NC(=O)c2cc(N3CCOCC3)cc(C(F)(F)F)c2)C=C1Nc1nc2ccccc2n1C1(C)C=C(N)NC=N1. The Morgan fingerprint density at radius 2 is 1.87 bits per heavy atom. The number of rotatable bonds is 6. The van der Waals surface area contributed by atoms with Gasteiger partial charge in [0.05, 0.1) is 36.1 Å². The third-order valence-corrected chi connectivity index (χ3v) is 8.25. The monoisotopic (exact) mass is 620 g/mol. The van der Waals surface area contributed by atoms with Crippen LogP contribution in [0.2, 0.25) is 0 Å². The molecule has 3 aliphatic rings. The summed E-state index contributed by atoms with van der Waals surface area (Å²) >= 11 is 0. The van der Waals surface area contributed by atoms with Crippen LogP contribution in [-0.4, -0.2) is 48.1 Å². The highest BCUT2D eigenvalue weighted by Gasteiger charge is 2.35. The Morgan fingerprint density at radius 3 is 2.60 bits per heavy atom. The number of imidazole rings is 1. The molecule has 0 bridgehead atoms. The molecule has 1 aliphatic carbocycles. The third kappa shape index (κ3) is 6.12. The van der Waals surface area contributed by atoms with Crippen molar-refractivity contribution in [2.24, 2.45) is 16.1 Å². The second kappa shape index (κ2) is 11.3. The lowest BCUT2D eigenvalue weighted by atomic mass is 9.81. The zero-order chi connectivity index (χ0) is 32.0. The van der Waals surface area contributed by atoms with E-state index in [1.807, 2.05) is 41.8 Å². The van der Waals surface area contributed by atoms with Gasteiger partial charge in [-0.2, -0.15) is 13.2 Å². The number of benzene rings is 2. The Labute approximate surface area is 258 Å². The van der Waals surface area contributed by atoms with Crippen molar-refractivity contribution < 1.29 is 22.7 Å². The highest BCUT2D eigenvalue weighted by Crippen LogP contribution is 2.39. The van der Waals surface area contributed by atoms with Crippen molar-refractivity contribution >= 4 is 34.9 Å². The number of morpholine rings is 1. The Hall–Kier alpha value is -4.78. The van der Waals surface area contributed by atoms with Crippen LogP contribution in [0.3, 0.4) is 0 Å². The smallest absolute Gasteiger partial charge is 0.385 e. The molecule has 1 saturated heterocycles. The average molecular weight is 621 g/mol. The lowest BCUT2D eigenvalue weighted by Crippen LogP contribution is -2.36. The normalized spacial score (nSPS) is 21.5. The summed E-state index contributed by atoms with van der Waals surface area (Å²) in [6.45, 7) is 7.71. The fourth-order valence-corrected chi connectivity index (χ4v) is 5.71. The number of nitrogens with two attached hydrogens (primary N) is 1. The molecule has 3 heterocycles. The molecule has 5 N–H and O–H groups in total. The summed E-state index contributed by atoms with van der Waals surface area (Å²) in [4.78, 5) is 24.7. The number of para-hydroxylation sites is 2. The molecule has 45 heavy (non-hydrogen) atoms. The van der Waals surface area contributed by atoms with E-state index in [4.69, 9.17) is 15.5 Å². The summed E-state index contributed by atoms with van der Waals surface area (Å²) in [6.07, 6.45) is 2.95. The highest BCUT2D eigenvalue weighted by molar-refractivity contribution is 5.97. The molecule has 6 rings (SSSR count). The van der Waals surface area contributed by atoms with Crippen LogP contribution in [0.1, 0.15) is 43.1 Å². The number of halogens is 3. The molecule has 1 unspecified atom stereocenters. The molecular formula is C32H35F3N8O2. The van der Waals surface area contributed by atoms with Gasteiger partial charge in [0.15, 0.2) is 5.66 Å². The minimum absolute atomic E-state index is 0.0807. The number of ether oxygens (including phenoxy) is 1. The van der Waals surface area contributed by atoms with Crippen LogP contribution in [0.5, 0.6) is 0 Å². The number of anilines is 2. The number of fused-ring (bicyclic) bond motifs is 1. The number of amides is 1. The number of aromatic nitrogens is 2. The molecule has 3 aromatic rings. The predicted molar refractivity (Wildman–Crippen MR) is 167 cm³/mol. The van der Waals surface area contributed by atoms with E-state index < -0.39 is 23.3 Å². The summed E-state index contributed by atoms with van der Waals surface area (Å²) in [5.74, 6) is 0.330. The molecular weight excluding hydrogens is 585 g/mol. The van der Waals surface area contributed by atoms with Gasteiger partial charge in [-0.05, 0) is 49.8 Å². The standard InChI is InChI=1S/C32H35F3N8O2/c1-30(2)9-8-22(39-28(44)20-14-21(32(33,34)35)16-23(15-20)42-10-12-45-13-11-42)17-26(30)41-29-40-24-6-4-5-7-25(24)43(29)31(3)18-27(36)37-19-38-31/h4-8,14-19H,9-13,36H2,1-3H3,(H,37,38)(H,39,44)(H,40,41). The molecule has 10 nitrogen and oxygen atoms in total. The van der Waals surface area contributed by atoms with Gasteiger partial charge in [0.2, 0.25) is 5.95 Å². The first kappa shape index (κ1) is 30.3. The molecule has 0 radical (unpaired) electrons. The second-order valence-electron chi connectivity index (χ2n) is 12.1. The molecule has 0 spiro atoms. The molecule has 0 saturated carbocycles. The van der Waals surface area contributed by atoms with Crippen LogP contribution in [0, 0.1) is 5.41 Å². The maximum Gasteiger partial charge on any atom is 0.416 e. The van der Waals surface area contributed by atoms with E-state index in [9.17, 15) is 18.0 Å². The maximum absolute atomic E-state index is 13.8. The Bertz CT molecular complexity index is 1770. The summed E-state index contributed by atoms with van der Waals surface area (Å²) in [5.41, 5.74) is 7.02. The molecule has 2 aliphatic heterocycles. The largest absolute Gasteiger partial charge is 0.416 e. The number of hydrogen-bond donors (Lipinski definition) is 4. The topological polar surface area (TPSA) is 122 Å². The first-order valence-corrected chi connectivity index (χ1v) is 14.6. The van der Waals surface area contributed by atoms with Crippen molar-refractivity contribution in [2.75, 3.05) is 36.5 Å². The lowest BCUT2D eigenvalue weighted by Gasteiger charge is -2.34. The zero-order valence-electron chi connectivity index (χ0n) is 25.2. The number of carbonyl (C=O) groups excluding carboxylic acids is 1. The number of nitrogens with one attached hydrogen (secondary N) is 3. The minimum atomic E-state index is -4.61. The highest BCUT2D eigenvalue weighted by atomic mass is 19.4. The van der Waals surface area contributed by atoms with Gasteiger partial charge in [-0.1, -0.05) is 32.1 Å². The van der Waals surface area contributed by atoms with E-state index in [0.29, 0.717) is 55.9 Å². The Kier molecular flexibility index (Phi) is 7.59. The van der Waals surface area contributed by atoms with Crippen molar-refractivity contribution in [2.45, 2.75) is 39.0 Å². The van der Waals surface area contributed by atoms with Crippen molar-refractivity contribution in [3.8, 4) is 0 Å². The quantitative estimate of drug-likeness (QED) is 0.305. The van der Waals surface area contributed by atoms with Crippen LogP contribution in [-0.2, 0) is 16.6 Å². The number of nitrogens with zero attached hydrogens (tertiary/aromatic N) is 4. The van der Waals surface area contributed by atoms with Crippen molar-refractivity contribution in [1.29, 1.82) is 0 Å². The number of allylic oxidation sites excluding steroid dienone is 3. The maximum atomic E-state index is 13.8. The number of carbonyl (C=O) groups is 1. The Balaban J connectivity index is 1.32. The molecule has 236 valence electrons. The lowest BCUT2D eigenvalue weighted by molar-refractivity contribution is -0.137. The van der Waals surface area contributed by atoms with Gasteiger partial charge in [-0.3, -0.25) is 9.36 Å². The van der Waals surface area contributed by atoms with Gasteiger partial charge in [-0.25, -0.2) is 9.98 Å². The van der Waals surface area contributed by atoms with Gasteiger partial charge in [0.1, 0.15) is 5.82 Å². The molecule has 1 amide bonds. The van der Waals surface area contributed by atoms with E-state index in [1.54, 1.807) is 23.4 Å². The van der Waals surface area contributed by atoms with Gasteiger partial charge < -0.3 is 31.3 Å². The van der Waals surface area contributed by atoms with E-state index in [-0.39, 0.29) is 11.0 Å².